The van der Waals surface area contributed by atoms with Gasteiger partial charge in [0.1, 0.15) is 11.6 Å². The Bertz CT molecular complexity index is 596. The van der Waals surface area contributed by atoms with Gasteiger partial charge in [0.25, 0.3) is 0 Å². The zero-order chi connectivity index (χ0) is 15.2. The molecule has 1 aromatic rings. The van der Waals surface area contributed by atoms with Crippen molar-refractivity contribution in [3.63, 3.8) is 0 Å². The molecule has 0 radical (unpaired) electrons. The van der Waals surface area contributed by atoms with Gasteiger partial charge in [-0.2, -0.15) is 0 Å². The van der Waals surface area contributed by atoms with E-state index in [1.54, 1.807) is 24.8 Å². The molecule has 0 spiro atoms. The molecule has 1 aromatic carbocycles. The maximum Gasteiger partial charge on any atom is 0.248 e. The Kier molecular flexibility index (Phi) is 3.44. The first-order valence-electron chi connectivity index (χ1n) is 7.26. The predicted molar refractivity (Wildman–Crippen MR) is 80.7 cm³/mol. The second-order valence-corrected chi connectivity index (χ2v) is 6.90. The molecular weight excluding hydrogens is 288 g/mol. The zero-order valence-electron chi connectivity index (χ0n) is 12.2. The van der Waals surface area contributed by atoms with Crippen LogP contribution in [0.1, 0.15) is 32.3 Å². The van der Waals surface area contributed by atoms with Crippen molar-refractivity contribution < 1.29 is 9.59 Å². The molecule has 1 N–H and O–H groups in total. The van der Waals surface area contributed by atoms with Gasteiger partial charge >= 0.3 is 0 Å². The summed E-state index contributed by atoms with van der Waals surface area (Å²) in [6.07, 6.45) is 2.02. The fourth-order valence-electron chi connectivity index (χ4n) is 2.94. The molecule has 0 aromatic heterocycles. The zero-order valence-corrected chi connectivity index (χ0v) is 13.0. The fraction of sp³-hybridized carbons (Fsp3) is 0.500. The van der Waals surface area contributed by atoms with Gasteiger partial charge in [0, 0.05) is 11.6 Å². The molecule has 1 atom stereocenters. The number of rotatable bonds is 3. The third-order valence-corrected chi connectivity index (χ3v) is 4.38. The normalized spacial score (nSPS) is 24.9. The van der Waals surface area contributed by atoms with Gasteiger partial charge in [-0.3, -0.25) is 9.59 Å². The van der Waals surface area contributed by atoms with Crippen LogP contribution in [0.3, 0.4) is 0 Å². The van der Waals surface area contributed by atoms with Crippen LogP contribution >= 0.6 is 11.6 Å². The van der Waals surface area contributed by atoms with E-state index in [0.717, 1.165) is 18.4 Å². The Morgan fingerprint density at radius 3 is 2.67 bits per heavy atom. The number of amides is 2. The monoisotopic (exact) mass is 306 g/mol. The molecule has 1 aliphatic heterocycles. The van der Waals surface area contributed by atoms with Crippen molar-refractivity contribution in [2.75, 3.05) is 0 Å². The summed E-state index contributed by atoms with van der Waals surface area (Å²) in [5.74, 6) is 0.229. The van der Waals surface area contributed by atoms with Gasteiger partial charge in [-0.05, 0) is 50.3 Å². The molecule has 1 saturated heterocycles. The summed E-state index contributed by atoms with van der Waals surface area (Å²) in [5, 5.41) is 3.49. The molecule has 3 rings (SSSR count). The molecule has 1 saturated carbocycles. The number of hydrogen-bond donors (Lipinski definition) is 1. The minimum Gasteiger partial charge on any atom is -0.340 e. The highest BCUT2D eigenvalue weighted by molar-refractivity contribution is 6.30. The quantitative estimate of drug-likeness (QED) is 0.932. The van der Waals surface area contributed by atoms with Crippen molar-refractivity contribution in [1.82, 2.24) is 10.2 Å². The lowest BCUT2D eigenvalue weighted by atomic mass is 9.94. The lowest BCUT2D eigenvalue weighted by molar-refractivity contribution is -0.155. The third kappa shape index (κ3) is 2.77. The van der Waals surface area contributed by atoms with Gasteiger partial charge in [-0.1, -0.05) is 23.7 Å². The number of piperazine rings is 1. The van der Waals surface area contributed by atoms with E-state index in [-0.39, 0.29) is 17.9 Å². The highest BCUT2D eigenvalue weighted by Gasteiger charge is 2.50. The molecular formula is C16H19ClN2O2. The van der Waals surface area contributed by atoms with Gasteiger partial charge in [0.05, 0.1) is 0 Å². The van der Waals surface area contributed by atoms with Crippen LogP contribution in [0.25, 0.3) is 0 Å². The van der Waals surface area contributed by atoms with Crippen LogP contribution < -0.4 is 5.32 Å². The van der Waals surface area contributed by atoms with E-state index in [4.69, 9.17) is 11.6 Å². The Morgan fingerprint density at radius 1 is 1.33 bits per heavy atom. The lowest BCUT2D eigenvalue weighted by Crippen LogP contribution is -2.68. The number of nitrogens with zero attached hydrogens (tertiary/aromatic N) is 1. The molecule has 1 heterocycles. The van der Waals surface area contributed by atoms with Crippen LogP contribution in [0.5, 0.6) is 0 Å². The largest absolute Gasteiger partial charge is 0.340 e. The van der Waals surface area contributed by atoms with Gasteiger partial charge in [-0.25, -0.2) is 0 Å². The van der Waals surface area contributed by atoms with Gasteiger partial charge < -0.3 is 10.2 Å². The summed E-state index contributed by atoms with van der Waals surface area (Å²) >= 11 is 6.01. The third-order valence-electron chi connectivity index (χ3n) is 4.15. The van der Waals surface area contributed by atoms with Crippen molar-refractivity contribution >= 4 is 23.4 Å². The van der Waals surface area contributed by atoms with Crippen LogP contribution in [-0.2, 0) is 16.1 Å². The van der Waals surface area contributed by atoms with Gasteiger partial charge in [0.15, 0.2) is 0 Å². The first kappa shape index (κ1) is 14.4. The number of carbonyl (C=O) groups excluding carboxylic acids is 2. The van der Waals surface area contributed by atoms with Crippen LogP contribution in [-0.4, -0.2) is 28.3 Å². The molecule has 1 aliphatic carbocycles. The van der Waals surface area contributed by atoms with Crippen molar-refractivity contribution in [3.8, 4) is 0 Å². The van der Waals surface area contributed by atoms with Gasteiger partial charge in [-0.15, -0.1) is 0 Å². The van der Waals surface area contributed by atoms with Crippen LogP contribution in [0.4, 0.5) is 0 Å². The Hall–Kier alpha value is -1.55. The van der Waals surface area contributed by atoms with Crippen molar-refractivity contribution in [1.29, 1.82) is 0 Å². The van der Waals surface area contributed by atoms with Crippen molar-refractivity contribution in [2.24, 2.45) is 5.92 Å². The van der Waals surface area contributed by atoms with E-state index < -0.39 is 5.54 Å². The second kappa shape index (κ2) is 5.02. The van der Waals surface area contributed by atoms with Crippen molar-refractivity contribution in [2.45, 2.75) is 44.8 Å². The number of nitrogens with one attached hydrogen (secondary N) is 1. The maximum absolute atomic E-state index is 12.7. The maximum atomic E-state index is 12.7. The van der Waals surface area contributed by atoms with Gasteiger partial charge in [0.2, 0.25) is 11.8 Å². The smallest absolute Gasteiger partial charge is 0.248 e. The minimum absolute atomic E-state index is 0.0287. The summed E-state index contributed by atoms with van der Waals surface area (Å²) in [7, 11) is 0. The average molecular weight is 307 g/mol. The Labute approximate surface area is 129 Å². The molecule has 112 valence electrons. The van der Waals surface area contributed by atoms with Crippen molar-refractivity contribution in [3.05, 3.63) is 34.9 Å². The number of benzene rings is 1. The van der Waals surface area contributed by atoms with Crippen LogP contribution in [0.15, 0.2) is 24.3 Å². The number of halogens is 1. The predicted octanol–water partition coefficient (Wildman–Crippen LogP) is 2.36. The minimum atomic E-state index is -0.846. The van der Waals surface area contributed by atoms with Crippen LogP contribution in [0.2, 0.25) is 5.02 Å². The second-order valence-electron chi connectivity index (χ2n) is 6.46. The molecule has 5 heteroatoms. The Balaban J connectivity index is 1.90. The fourth-order valence-corrected chi connectivity index (χ4v) is 3.16. The highest BCUT2D eigenvalue weighted by atomic mass is 35.5. The molecule has 1 unspecified atom stereocenters. The molecule has 2 amide bonds. The van der Waals surface area contributed by atoms with E-state index in [1.165, 1.54) is 0 Å². The number of hydrogen-bond acceptors (Lipinski definition) is 2. The van der Waals surface area contributed by atoms with E-state index in [2.05, 4.69) is 5.32 Å². The van der Waals surface area contributed by atoms with E-state index in [0.29, 0.717) is 17.5 Å². The average Bonchev–Trinajstić information content (AvgIpc) is 3.19. The molecule has 4 nitrogen and oxygen atoms in total. The van der Waals surface area contributed by atoms with Crippen LogP contribution in [0, 0.1) is 5.92 Å². The topological polar surface area (TPSA) is 49.4 Å². The number of carbonyl (C=O) groups is 2. The Morgan fingerprint density at radius 2 is 2.05 bits per heavy atom. The molecule has 21 heavy (non-hydrogen) atoms. The first-order chi connectivity index (χ1) is 9.88. The standard InChI is InChI=1S/C16H19ClN2O2/c1-16(2)15(21)19(9-10-4-3-5-12(17)8-10)13(11-6-7-11)14(20)18-16/h3-5,8,11,13H,6-7,9H2,1-2H3,(H,18,20). The lowest BCUT2D eigenvalue weighted by Gasteiger charge is -2.43. The highest BCUT2D eigenvalue weighted by Crippen LogP contribution is 2.38. The summed E-state index contributed by atoms with van der Waals surface area (Å²) in [6.45, 7) is 3.93. The van der Waals surface area contributed by atoms with E-state index in [1.807, 2.05) is 18.2 Å². The first-order valence-corrected chi connectivity index (χ1v) is 7.64. The summed E-state index contributed by atoms with van der Waals surface area (Å²) in [6, 6.07) is 7.10. The van der Waals surface area contributed by atoms with E-state index in [9.17, 15) is 9.59 Å². The molecule has 2 aliphatic rings. The summed E-state index contributed by atoms with van der Waals surface area (Å²) in [4.78, 5) is 26.8. The molecule has 2 fully saturated rings. The van der Waals surface area contributed by atoms with E-state index >= 15 is 0 Å². The summed E-state index contributed by atoms with van der Waals surface area (Å²) in [5.41, 5.74) is 0.105. The molecule has 0 bridgehead atoms. The SMILES string of the molecule is CC1(C)NC(=O)C(C2CC2)N(Cc2cccc(Cl)c2)C1=O. The summed E-state index contributed by atoms with van der Waals surface area (Å²) < 4.78 is 0.